The number of rotatable bonds is 2. The van der Waals surface area contributed by atoms with E-state index in [2.05, 4.69) is 16.9 Å². The Kier molecular flexibility index (Phi) is 3.26. The van der Waals surface area contributed by atoms with Crippen LogP contribution in [0.15, 0.2) is 6.07 Å². The molecule has 1 rings (SSSR count). The van der Waals surface area contributed by atoms with Gasteiger partial charge in [-0.3, -0.25) is 0 Å². The number of aromatic nitrogens is 2. The van der Waals surface area contributed by atoms with Crippen LogP contribution in [-0.2, 0) is 0 Å². The zero-order chi connectivity index (χ0) is 10.0. The summed E-state index contributed by atoms with van der Waals surface area (Å²) in [7, 11) is 0. The van der Waals surface area contributed by atoms with E-state index < -0.39 is 0 Å². The smallest absolute Gasteiger partial charge is 0.125 e. The van der Waals surface area contributed by atoms with Crippen LogP contribution in [0.5, 0.6) is 0 Å². The number of hydrogen-bond acceptors (Lipinski definition) is 2. The highest BCUT2D eigenvalue weighted by Crippen LogP contribution is 2.21. The second kappa shape index (κ2) is 4.05. The van der Waals surface area contributed by atoms with Gasteiger partial charge in [0.15, 0.2) is 0 Å². The summed E-state index contributed by atoms with van der Waals surface area (Å²) in [6.45, 7) is 7.95. The van der Waals surface area contributed by atoms with E-state index >= 15 is 0 Å². The summed E-state index contributed by atoms with van der Waals surface area (Å²) < 4.78 is 0. The maximum atomic E-state index is 6.01. The number of halogens is 1. The van der Waals surface area contributed by atoms with Crippen LogP contribution in [0.2, 0.25) is 0 Å². The fraction of sp³-hybridized carbons (Fsp3) is 0.600. The van der Waals surface area contributed by atoms with Crippen LogP contribution in [-0.4, -0.2) is 15.3 Å². The van der Waals surface area contributed by atoms with Gasteiger partial charge in [-0.05, 0) is 26.8 Å². The molecule has 2 nitrogen and oxygen atoms in total. The number of aryl methyl sites for hydroxylation is 2. The second-order valence-electron chi connectivity index (χ2n) is 3.45. The van der Waals surface area contributed by atoms with Crippen LogP contribution < -0.4 is 0 Å². The van der Waals surface area contributed by atoms with E-state index in [-0.39, 0.29) is 11.3 Å². The minimum atomic E-state index is 0.105. The lowest BCUT2D eigenvalue weighted by molar-refractivity contribution is 0.704. The molecule has 0 radical (unpaired) electrons. The summed E-state index contributed by atoms with van der Waals surface area (Å²) in [6, 6.07) is 2.00. The highest BCUT2D eigenvalue weighted by molar-refractivity contribution is 6.20. The van der Waals surface area contributed by atoms with Crippen molar-refractivity contribution in [2.24, 2.45) is 0 Å². The Labute approximate surface area is 84.4 Å². The maximum absolute atomic E-state index is 6.01. The van der Waals surface area contributed by atoms with Gasteiger partial charge in [-0.25, -0.2) is 9.97 Å². The molecule has 0 saturated carbocycles. The Bertz CT molecular complexity index is 277. The number of alkyl halides is 1. The molecule has 1 heterocycles. The van der Waals surface area contributed by atoms with Gasteiger partial charge in [0.1, 0.15) is 5.82 Å². The molecular weight excluding hydrogens is 184 g/mol. The van der Waals surface area contributed by atoms with Crippen molar-refractivity contribution < 1.29 is 0 Å². The van der Waals surface area contributed by atoms with Gasteiger partial charge in [-0.2, -0.15) is 0 Å². The van der Waals surface area contributed by atoms with Crippen molar-refractivity contribution in [2.75, 3.05) is 0 Å². The van der Waals surface area contributed by atoms with Crippen molar-refractivity contribution in [1.29, 1.82) is 0 Å². The van der Waals surface area contributed by atoms with Gasteiger partial charge >= 0.3 is 0 Å². The monoisotopic (exact) mass is 198 g/mol. The highest BCUT2D eigenvalue weighted by Gasteiger charge is 2.13. The summed E-state index contributed by atoms with van der Waals surface area (Å²) in [4.78, 5) is 8.58. The molecule has 13 heavy (non-hydrogen) atoms. The van der Waals surface area contributed by atoms with Gasteiger partial charge in [0, 0.05) is 22.7 Å². The first kappa shape index (κ1) is 10.5. The van der Waals surface area contributed by atoms with E-state index in [1.807, 2.05) is 26.8 Å². The average molecular weight is 199 g/mol. The van der Waals surface area contributed by atoms with Crippen molar-refractivity contribution in [3.05, 3.63) is 23.3 Å². The minimum Gasteiger partial charge on any atom is -0.239 e. The van der Waals surface area contributed by atoms with E-state index in [9.17, 15) is 0 Å². The second-order valence-corrected chi connectivity index (χ2v) is 4.14. The number of hydrogen-bond donors (Lipinski definition) is 0. The molecule has 1 aromatic rings. The van der Waals surface area contributed by atoms with E-state index in [1.54, 1.807) is 0 Å². The molecule has 0 N–H and O–H groups in total. The molecule has 0 aromatic carbocycles. The van der Waals surface area contributed by atoms with Crippen molar-refractivity contribution in [3.63, 3.8) is 0 Å². The van der Waals surface area contributed by atoms with Crippen molar-refractivity contribution in [3.8, 4) is 0 Å². The molecular formula is C10H15ClN2. The third-order valence-electron chi connectivity index (χ3n) is 2.14. The van der Waals surface area contributed by atoms with Gasteiger partial charge in [-0.1, -0.05) is 6.92 Å². The fourth-order valence-corrected chi connectivity index (χ4v) is 1.34. The lowest BCUT2D eigenvalue weighted by Crippen LogP contribution is -2.09. The average Bonchev–Trinajstić information content (AvgIpc) is 2.01. The van der Waals surface area contributed by atoms with E-state index in [0.717, 1.165) is 17.2 Å². The van der Waals surface area contributed by atoms with Gasteiger partial charge in [0.25, 0.3) is 0 Å². The van der Waals surface area contributed by atoms with E-state index in [1.165, 1.54) is 0 Å². The minimum absolute atomic E-state index is 0.105. The van der Waals surface area contributed by atoms with Gasteiger partial charge in [0.2, 0.25) is 0 Å². The molecule has 72 valence electrons. The molecule has 2 atom stereocenters. The zero-order valence-electron chi connectivity index (χ0n) is 8.50. The van der Waals surface area contributed by atoms with Crippen LogP contribution in [0.1, 0.15) is 37.0 Å². The van der Waals surface area contributed by atoms with Crippen LogP contribution in [0.4, 0.5) is 0 Å². The van der Waals surface area contributed by atoms with E-state index in [0.29, 0.717) is 0 Å². The summed E-state index contributed by atoms with van der Waals surface area (Å²) >= 11 is 6.01. The summed E-state index contributed by atoms with van der Waals surface area (Å²) in [6.07, 6.45) is 0. The van der Waals surface area contributed by atoms with Gasteiger partial charge < -0.3 is 0 Å². The first-order valence-corrected chi connectivity index (χ1v) is 4.90. The van der Waals surface area contributed by atoms with Crippen LogP contribution in [0, 0.1) is 13.8 Å². The highest BCUT2D eigenvalue weighted by atomic mass is 35.5. The molecule has 0 amide bonds. The summed E-state index contributed by atoms with van der Waals surface area (Å²) in [5.41, 5.74) is 2.04. The molecule has 0 fully saturated rings. The number of nitrogens with zero attached hydrogens (tertiary/aromatic N) is 2. The summed E-state index contributed by atoms with van der Waals surface area (Å²) in [5, 5.41) is 0.105. The van der Waals surface area contributed by atoms with Crippen molar-refractivity contribution >= 4 is 11.6 Å². The quantitative estimate of drug-likeness (QED) is 0.683. The normalized spacial score (nSPS) is 15.5. The molecule has 2 unspecified atom stereocenters. The standard InChI is InChI=1S/C10H15ClN2/c1-6-5-10(7(2)8(3)11)13-9(4)12-6/h5,7-8H,1-4H3. The van der Waals surface area contributed by atoms with Crippen molar-refractivity contribution in [2.45, 2.75) is 39.0 Å². The molecule has 0 saturated heterocycles. The first-order valence-electron chi connectivity index (χ1n) is 4.47. The Balaban J connectivity index is 3.01. The van der Waals surface area contributed by atoms with Crippen molar-refractivity contribution in [1.82, 2.24) is 9.97 Å². The largest absolute Gasteiger partial charge is 0.239 e. The predicted octanol–water partition coefficient (Wildman–Crippen LogP) is 2.82. The predicted molar refractivity (Wildman–Crippen MR) is 55.2 cm³/mol. The molecule has 0 aliphatic rings. The molecule has 0 aliphatic heterocycles. The Hall–Kier alpha value is -0.630. The van der Waals surface area contributed by atoms with Gasteiger partial charge in [-0.15, -0.1) is 11.6 Å². The lowest BCUT2D eigenvalue weighted by Gasteiger charge is -2.13. The van der Waals surface area contributed by atoms with Crippen LogP contribution in [0.3, 0.4) is 0 Å². The molecule has 0 spiro atoms. The Morgan fingerprint density at radius 1 is 1.23 bits per heavy atom. The van der Waals surface area contributed by atoms with Crippen LogP contribution >= 0.6 is 11.6 Å². The van der Waals surface area contributed by atoms with E-state index in [4.69, 9.17) is 11.6 Å². The molecule has 3 heteroatoms. The third kappa shape index (κ3) is 2.66. The zero-order valence-corrected chi connectivity index (χ0v) is 9.26. The first-order chi connectivity index (χ1) is 6.00. The molecule has 0 bridgehead atoms. The summed E-state index contributed by atoms with van der Waals surface area (Å²) in [5.74, 6) is 1.10. The Morgan fingerprint density at radius 3 is 2.31 bits per heavy atom. The molecule has 0 aliphatic carbocycles. The molecule has 1 aromatic heterocycles. The SMILES string of the molecule is Cc1cc(C(C)C(C)Cl)nc(C)n1. The third-order valence-corrected chi connectivity index (χ3v) is 2.52. The topological polar surface area (TPSA) is 25.8 Å². The fourth-order valence-electron chi connectivity index (χ4n) is 1.21. The van der Waals surface area contributed by atoms with Gasteiger partial charge in [0.05, 0.1) is 0 Å². The maximum Gasteiger partial charge on any atom is 0.125 e. The van der Waals surface area contributed by atoms with Crippen LogP contribution in [0.25, 0.3) is 0 Å². The lowest BCUT2D eigenvalue weighted by atomic mass is 10.0. The Morgan fingerprint density at radius 2 is 1.85 bits per heavy atom.